The van der Waals surface area contributed by atoms with Crippen LogP contribution in [0, 0.1) is 0 Å². The van der Waals surface area contributed by atoms with E-state index in [1.807, 2.05) is 48.5 Å². The van der Waals surface area contributed by atoms with Gasteiger partial charge in [-0.25, -0.2) is 4.79 Å². The van der Waals surface area contributed by atoms with E-state index >= 15 is 0 Å². The molecular weight excluding hydrogens is 547 g/mol. The number of methoxy groups -OCH3 is 1. The standard InChI is InChI=1S/C32H34Cl2N2O4/c1-38-22-30-28-12-11-27(20-31(28)40-32(37)29(30)19-23-3-7-25(33)8-4-23)39-18-2-13-35-14-16-36(17-15-35)21-24-5-9-26(34)10-6-24/h3-12,20H,2,13-19,21-22H2,1H3. The summed E-state index contributed by atoms with van der Waals surface area (Å²) >= 11 is 12.0. The first-order valence-electron chi connectivity index (χ1n) is 13.6. The van der Waals surface area contributed by atoms with E-state index in [-0.39, 0.29) is 5.63 Å². The van der Waals surface area contributed by atoms with Crippen LogP contribution in [0.25, 0.3) is 11.0 Å². The van der Waals surface area contributed by atoms with E-state index in [0.29, 0.717) is 41.6 Å². The molecule has 0 bridgehead atoms. The molecule has 0 saturated carbocycles. The molecule has 1 fully saturated rings. The van der Waals surface area contributed by atoms with E-state index < -0.39 is 0 Å². The van der Waals surface area contributed by atoms with Crippen LogP contribution in [0.4, 0.5) is 0 Å². The summed E-state index contributed by atoms with van der Waals surface area (Å²) in [7, 11) is 1.63. The summed E-state index contributed by atoms with van der Waals surface area (Å²) in [5.74, 6) is 0.692. The maximum Gasteiger partial charge on any atom is 0.340 e. The van der Waals surface area contributed by atoms with Crippen LogP contribution in [0.1, 0.15) is 28.7 Å². The maximum atomic E-state index is 13.0. The van der Waals surface area contributed by atoms with Gasteiger partial charge in [0.15, 0.2) is 0 Å². The van der Waals surface area contributed by atoms with Crippen molar-refractivity contribution in [2.24, 2.45) is 0 Å². The summed E-state index contributed by atoms with van der Waals surface area (Å²) in [4.78, 5) is 18.0. The van der Waals surface area contributed by atoms with Gasteiger partial charge in [-0.05, 0) is 59.5 Å². The smallest absolute Gasteiger partial charge is 0.340 e. The number of piperazine rings is 1. The summed E-state index contributed by atoms with van der Waals surface area (Å²) in [6.45, 7) is 7.07. The zero-order valence-electron chi connectivity index (χ0n) is 22.7. The Kier molecular flexibility index (Phi) is 9.79. The molecule has 1 aliphatic rings. The lowest BCUT2D eigenvalue weighted by molar-refractivity contribution is 0.121. The number of ether oxygens (including phenoxy) is 2. The molecule has 8 heteroatoms. The largest absolute Gasteiger partial charge is 0.493 e. The Hall–Kier alpha value is -2.87. The molecule has 0 spiro atoms. The number of halogens is 2. The normalized spacial score (nSPS) is 14.6. The highest BCUT2D eigenvalue weighted by Crippen LogP contribution is 2.27. The van der Waals surface area contributed by atoms with Crippen LogP contribution < -0.4 is 10.4 Å². The summed E-state index contributed by atoms with van der Waals surface area (Å²) in [6, 6.07) is 21.3. The Bertz CT molecular complexity index is 1460. The number of benzene rings is 3. The predicted octanol–water partition coefficient (Wildman–Crippen LogP) is 6.42. The molecule has 0 N–H and O–H groups in total. The zero-order valence-corrected chi connectivity index (χ0v) is 24.2. The van der Waals surface area contributed by atoms with Crippen LogP contribution in [0.5, 0.6) is 5.75 Å². The molecule has 2 heterocycles. The van der Waals surface area contributed by atoms with Crippen molar-refractivity contribution in [3.8, 4) is 5.75 Å². The molecule has 4 aromatic rings. The lowest BCUT2D eigenvalue weighted by Gasteiger charge is -2.34. The summed E-state index contributed by atoms with van der Waals surface area (Å²) in [5.41, 5.74) is 3.86. The van der Waals surface area contributed by atoms with Crippen LogP contribution >= 0.6 is 23.2 Å². The minimum Gasteiger partial charge on any atom is -0.493 e. The van der Waals surface area contributed by atoms with Crippen molar-refractivity contribution < 1.29 is 13.9 Å². The van der Waals surface area contributed by atoms with Gasteiger partial charge in [0.1, 0.15) is 11.3 Å². The Morgan fingerprint density at radius 3 is 2.15 bits per heavy atom. The molecule has 1 aliphatic heterocycles. The fourth-order valence-electron chi connectivity index (χ4n) is 5.17. The Labute approximate surface area is 245 Å². The van der Waals surface area contributed by atoms with Crippen molar-refractivity contribution >= 4 is 34.2 Å². The fraction of sp³-hybridized carbons (Fsp3) is 0.344. The first-order valence-corrected chi connectivity index (χ1v) is 14.4. The second-order valence-corrected chi connectivity index (χ2v) is 11.1. The minimum atomic E-state index is -0.359. The van der Waals surface area contributed by atoms with Crippen molar-refractivity contribution in [2.45, 2.75) is 26.0 Å². The molecule has 0 unspecified atom stereocenters. The SMILES string of the molecule is COCc1c(Cc2ccc(Cl)cc2)c(=O)oc2cc(OCCCN3CCN(Cc4ccc(Cl)cc4)CC3)ccc12. The summed E-state index contributed by atoms with van der Waals surface area (Å²) in [5, 5.41) is 2.29. The van der Waals surface area contributed by atoms with Crippen LogP contribution in [0.2, 0.25) is 10.0 Å². The highest BCUT2D eigenvalue weighted by molar-refractivity contribution is 6.30. The van der Waals surface area contributed by atoms with Gasteiger partial charge in [-0.2, -0.15) is 0 Å². The van der Waals surface area contributed by atoms with Gasteiger partial charge >= 0.3 is 5.63 Å². The van der Waals surface area contributed by atoms with Crippen molar-refractivity contribution in [1.82, 2.24) is 9.80 Å². The highest BCUT2D eigenvalue weighted by Gasteiger charge is 2.18. The topological polar surface area (TPSA) is 55.2 Å². The third kappa shape index (κ3) is 7.45. The minimum absolute atomic E-state index is 0.318. The molecule has 0 amide bonds. The highest BCUT2D eigenvalue weighted by atomic mass is 35.5. The number of hydrogen-bond donors (Lipinski definition) is 0. The Morgan fingerprint density at radius 2 is 1.48 bits per heavy atom. The molecule has 5 rings (SSSR count). The van der Waals surface area contributed by atoms with Crippen molar-refractivity contribution in [3.05, 3.63) is 109 Å². The van der Waals surface area contributed by atoms with Crippen molar-refractivity contribution in [3.63, 3.8) is 0 Å². The van der Waals surface area contributed by atoms with Gasteiger partial charge < -0.3 is 18.8 Å². The van der Waals surface area contributed by atoms with Gasteiger partial charge in [0.2, 0.25) is 0 Å². The van der Waals surface area contributed by atoms with E-state index in [1.54, 1.807) is 13.2 Å². The van der Waals surface area contributed by atoms with Gasteiger partial charge in [0.25, 0.3) is 0 Å². The third-order valence-corrected chi connectivity index (χ3v) is 7.85. The molecule has 0 atom stereocenters. The molecule has 6 nitrogen and oxygen atoms in total. The molecule has 1 aromatic heterocycles. The first kappa shape index (κ1) is 28.7. The van der Waals surface area contributed by atoms with Gasteiger partial charge in [-0.3, -0.25) is 4.90 Å². The van der Waals surface area contributed by atoms with E-state index in [0.717, 1.165) is 67.2 Å². The molecule has 0 aliphatic carbocycles. The number of rotatable bonds is 11. The van der Waals surface area contributed by atoms with Gasteiger partial charge in [0.05, 0.1) is 13.2 Å². The van der Waals surface area contributed by atoms with Crippen LogP contribution in [0.3, 0.4) is 0 Å². The number of nitrogens with zero attached hydrogens (tertiary/aromatic N) is 2. The molecule has 3 aromatic carbocycles. The van der Waals surface area contributed by atoms with E-state index in [4.69, 9.17) is 37.1 Å². The Balaban J connectivity index is 1.14. The second kappa shape index (κ2) is 13.7. The van der Waals surface area contributed by atoms with Crippen LogP contribution in [0.15, 0.2) is 75.9 Å². The van der Waals surface area contributed by atoms with E-state index in [2.05, 4.69) is 21.9 Å². The number of fused-ring (bicyclic) bond motifs is 1. The fourth-order valence-corrected chi connectivity index (χ4v) is 5.42. The maximum absolute atomic E-state index is 13.0. The van der Waals surface area contributed by atoms with Gasteiger partial charge in [-0.15, -0.1) is 0 Å². The second-order valence-electron chi connectivity index (χ2n) is 10.2. The number of hydrogen-bond acceptors (Lipinski definition) is 6. The Morgan fingerprint density at radius 1 is 0.825 bits per heavy atom. The molecule has 0 radical (unpaired) electrons. The van der Waals surface area contributed by atoms with Crippen molar-refractivity contribution in [1.29, 1.82) is 0 Å². The lowest BCUT2D eigenvalue weighted by Crippen LogP contribution is -2.46. The zero-order chi connectivity index (χ0) is 27.9. The quantitative estimate of drug-likeness (QED) is 0.151. The average molecular weight is 582 g/mol. The molecular formula is C32H34Cl2N2O4. The van der Waals surface area contributed by atoms with Gasteiger partial charge in [0, 0.05) is 79.9 Å². The summed E-state index contributed by atoms with van der Waals surface area (Å²) < 4.78 is 17.2. The third-order valence-electron chi connectivity index (χ3n) is 7.35. The van der Waals surface area contributed by atoms with Crippen molar-refractivity contribution in [2.75, 3.05) is 46.4 Å². The van der Waals surface area contributed by atoms with E-state index in [9.17, 15) is 4.79 Å². The average Bonchev–Trinajstić information content (AvgIpc) is 2.96. The molecule has 40 heavy (non-hydrogen) atoms. The van der Waals surface area contributed by atoms with Crippen LogP contribution in [-0.2, 0) is 24.3 Å². The monoisotopic (exact) mass is 580 g/mol. The van der Waals surface area contributed by atoms with Gasteiger partial charge in [-0.1, -0.05) is 47.5 Å². The molecule has 210 valence electrons. The summed E-state index contributed by atoms with van der Waals surface area (Å²) in [6.07, 6.45) is 1.37. The van der Waals surface area contributed by atoms with Crippen LogP contribution in [-0.4, -0.2) is 56.2 Å². The molecule has 1 saturated heterocycles. The first-order chi connectivity index (χ1) is 19.5. The van der Waals surface area contributed by atoms with E-state index in [1.165, 1.54) is 5.56 Å². The predicted molar refractivity (Wildman–Crippen MR) is 161 cm³/mol. The lowest BCUT2D eigenvalue weighted by atomic mass is 9.99.